The first kappa shape index (κ1) is 13.5. The van der Waals surface area contributed by atoms with Crippen LogP contribution in [-0.2, 0) is 4.79 Å². The second-order valence-corrected chi connectivity index (χ2v) is 4.84. The number of nitrogens with one attached hydrogen (secondary N) is 1. The number of pyridine rings is 1. The maximum atomic E-state index is 11.8. The fourth-order valence-electron chi connectivity index (χ4n) is 1.87. The number of amides is 1. The van der Waals surface area contributed by atoms with Crippen LogP contribution in [0.3, 0.4) is 0 Å². The molecule has 0 fully saturated rings. The van der Waals surface area contributed by atoms with E-state index in [-0.39, 0.29) is 12.5 Å². The summed E-state index contributed by atoms with van der Waals surface area (Å²) < 4.78 is 7.21. The average molecular weight is 302 g/mol. The highest BCUT2D eigenvalue weighted by Crippen LogP contribution is 2.15. The molecule has 6 heteroatoms. The molecule has 0 bridgehead atoms. The fourth-order valence-corrected chi connectivity index (χ4v) is 2.00. The smallest absolute Gasteiger partial charge is 0.262 e. The van der Waals surface area contributed by atoms with Crippen molar-refractivity contribution in [3.8, 4) is 5.75 Å². The van der Waals surface area contributed by atoms with Crippen molar-refractivity contribution in [1.82, 2.24) is 9.38 Å². The molecule has 0 saturated carbocycles. The van der Waals surface area contributed by atoms with Crippen molar-refractivity contribution in [3.63, 3.8) is 0 Å². The summed E-state index contributed by atoms with van der Waals surface area (Å²) in [6.45, 7) is -0.0659. The second-order valence-electron chi connectivity index (χ2n) is 4.40. The zero-order chi connectivity index (χ0) is 14.7. The monoisotopic (exact) mass is 301 g/mol. The van der Waals surface area contributed by atoms with Gasteiger partial charge in [0.1, 0.15) is 11.4 Å². The lowest BCUT2D eigenvalue weighted by molar-refractivity contribution is -0.118. The summed E-state index contributed by atoms with van der Waals surface area (Å²) in [4.78, 5) is 16.0. The Morgan fingerprint density at radius 1 is 1.24 bits per heavy atom. The minimum Gasteiger partial charge on any atom is -0.484 e. The van der Waals surface area contributed by atoms with Crippen molar-refractivity contribution in [2.24, 2.45) is 0 Å². The average Bonchev–Trinajstić information content (AvgIpc) is 2.94. The van der Waals surface area contributed by atoms with E-state index in [1.54, 1.807) is 42.7 Å². The van der Waals surface area contributed by atoms with Crippen LogP contribution in [-0.4, -0.2) is 21.9 Å². The van der Waals surface area contributed by atoms with E-state index in [1.165, 1.54) is 0 Å². The van der Waals surface area contributed by atoms with Crippen LogP contribution in [0.5, 0.6) is 5.75 Å². The molecule has 0 aliphatic carbocycles. The number of rotatable bonds is 4. The summed E-state index contributed by atoms with van der Waals surface area (Å²) in [5, 5.41) is 3.39. The number of imidazole rings is 1. The van der Waals surface area contributed by atoms with E-state index in [4.69, 9.17) is 16.3 Å². The van der Waals surface area contributed by atoms with Gasteiger partial charge in [-0.15, -0.1) is 0 Å². The Bertz CT molecular complexity index is 768. The molecule has 2 aromatic heterocycles. The first-order valence-corrected chi connectivity index (χ1v) is 6.69. The Kier molecular flexibility index (Phi) is 3.75. The molecule has 21 heavy (non-hydrogen) atoms. The Balaban J connectivity index is 1.59. The van der Waals surface area contributed by atoms with E-state index >= 15 is 0 Å². The van der Waals surface area contributed by atoms with Gasteiger partial charge >= 0.3 is 0 Å². The third-order valence-corrected chi connectivity index (χ3v) is 3.11. The third-order valence-electron chi connectivity index (χ3n) is 2.86. The topological polar surface area (TPSA) is 55.6 Å². The minimum absolute atomic E-state index is 0.0659. The lowest BCUT2D eigenvalue weighted by Gasteiger charge is -2.08. The molecule has 0 unspecified atom stereocenters. The van der Waals surface area contributed by atoms with Crippen molar-refractivity contribution >= 4 is 28.8 Å². The van der Waals surface area contributed by atoms with Crippen molar-refractivity contribution in [2.75, 3.05) is 11.9 Å². The SMILES string of the molecule is O=C(COc1ccc(Cl)cc1)Nc1ccc2nccn2c1. The van der Waals surface area contributed by atoms with Crippen LogP contribution in [0.25, 0.3) is 5.65 Å². The molecule has 1 aromatic carbocycles. The Morgan fingerprint density at radius 3 is 2.86 bits per heavy atom. The number of aromatic nitrogens is 2. The molecule has 0 aliphatic rings. The van der Waals surface area contributed by atoms with E-state index in [2.05, 4.69) is 10.3 Å². The molecule has 0 spiro atoms. The number of fused-ring (bicyclic) bond motifs is 1. The molecule has 2 heterocycles. The Morgan fingerprint density at radius 2 is 2.05 bits per heavy atom. The number of anilines is 1. The van der Waals surface area contributed by atoms with Crippen molar-refractivity contribution in [1.29, 1.82) is 0 Å². The lowest BCUT2D eigenvalue weighted by Crippen LogP contribution is -2.20. The fraction of sp³-hybridized carbons (Fsp3) is 0.0667. The van der Waals surface area contributed by atoms with Gasteiger partial charge in [-0.1, -0.05) is 11.6 Å². The molecular weight excluding hydrogens is 290 g/mol. The predicted molar refractivity (Wildman–Crippen MR) is 80.8 cm³/mol. The van der Waals surface area contributed by atoms with Crippen LogP contribution < -0.4 is 10.1 Å². The number of ether oxygens (including phenoxy) is 1. The summed E-state index contributed by atoms with van der Waals surface area (Å²) in [5.74, 6) is 0.365. The van der Waals surface area contributed by atoms with E-state index in [0.29, 0.717) is 16.5 Å². The molecule has 3 rings (SSSR count). The van der Waals surface area contributed by atoms with Crippen LogP contribution in [0.2, 0.25) is 5.02 Å². The highest BCUT2D eigenvalue weighted by molar-refractivity contribution is 6.30. The van der Waals surface area contributed by atoms with Gasteiger partial charge in [0.25, 0.3) is 5.91 Å². The summed E-state index contributed by atoms with van der Waals surface area (Å²) in [7, 11) is 0. The third kappa shape index (κ3) is 3.32. The van der Waals surface area contributed by atoms with Crippen LogP contribution in [0.4, 0.5) is 5.69 Å². The Labute approximate surface area is 126 Å². The van der Waals surface area contributed by atoms with Crippen LogP contribution in [0, 0.1) is 0 Å². The first-order valence-electron chi connectivity index (χ1n) is 6.32. The summed E-state index contributed by atoms with van der Waals surface area (Å²) in [5.41, 5.74) is 1.51. The number of carbonyl (C=O) groups excluding carboxylic acids is 1. The minimum atomic E-state index is -0.232. The molecule has 3 aromatic rings. The summed E-state index contributed by atoms with van der Waals surface area (Å²) in [6, 6.07) is 10.5. The van der Waals surface area contributed by atoms with Gasteiger partial charge in [-0.2, -0.15) is 0 Å². The zero-order valence-corrected chi connectivity index (χ0v) is 11.7. The van der Waals surface area contributed by atoms with Gasteiger partial charge < -0.3 is 14.5 Å². The molecule has 106 valence electrons. The van der Waals surface area contributed by atoms with Gasteiger partial charge in [0, 0.05) is 23.6 Å². The van der Waals surface area contributed by atoms with Crippen molar-refractivity contribution in [3.05, 3.63) is 60.0 Å². The lowest BCUT2D eigenvalue weighted by atomic mass is 10.3. The normalized spacial score (nSPS) is 10.5. The van der Waals surface area contributed by atoms with Gasteiger partial charge in [-0.05, 0) is 36.4 Å². The van der Waals surface area contributed by atoms with Gasteiger partial charge in [0.05, 0.1) is 5.69 Å². The van der Waals surface area contributed by atoms with Crippen LogP contribution in [0.15, 0.2) is 55.0 Å². The largest absolute Gasteiger partial charge is 0.484 e. The van der Waals surface area contributed by atoms with Crippen LogP contribution in [0.1, 0.15) is 0 Å². The molecular formula is C15H12ClN3O2. The van der Waals surface area contributed by atoms with Gasteiger partial charge in [0.15, 0.2) is 6.61 Å². The molecule has 0 aliphatic heterocycles. The summed E-state index contributed by atoms with van der Waals surface area (Å²) >= 11 is 5.78. The standard InChI is InChI=1S/C15H12ClN3O2/c16-11-1-4-13(5-2-11)21-10-15(20)18-12-3-6-14-17-7-8-19(14)9-12/h1-9H,10H2,(H,18,20). The molecule has 5 nitrogen and oxygen atoms in total. The maximum Gasteiger partial charge on any atom is 0.262 e. The maximum absolute atomic E-state index is 11.8. The molecule has 0 radical (unpaired) electrons. The van der Waals surface area contributed by atoms with Gasteiger partial charge in [-0.25, -0.2) is 4.98 Å². The highest BCUT2D eigenvalue weighted by Gasteiger charge is 2.05. The van der Waals surface area contributed by atoms with Crippen molar-refractivity contribution in [2.45, 2.75) is 0 Å². The number of benzene rings is 1. The zero-order valence-electron chi connectivity index (χ0n) is 11.0. The number of halogens is 1. The van der Waals surface area contributed by atoms with E-state index in [9.17, 15) is 4.79 Å². The molecule has 1 N–H and O–H groups in total. The van der Waals surface area contributed by atoms with E-state index in [0.717, 1.165) is 5.65 Å². The molecule has 1 amide bonds. The first-order chi connectivity index (χ1) is 10.2. The van der Waals surface area contributed by atoms with Gasteiger partial charge in [-0.3, -0.25) is 4.79 Å². The Hall–Kier alpha value is -2.53. The molecule has 0 atom stereocenters. The summed E-state index contributed by atoms with van der Waals surface area (Å²) in [6.07, 6.45) is 5.31. The predicted octanol–water partition coefficient (Wildman–Crippen LogP) is 3.01. The second kappa shape index (κ2) is 5.85. The van der Waals surface area contributed by atoms with Crippen molar-refractivity contribution < 1.29 is 9.53 Å². The number of hydrogen-bond donors (Lipinski definition) is 1. The quantitative estimate of drug-likeness (QED) is 0.806. The molecule has 0 saturated heterocycles. The van der Waals surface area contributed by atoms with E-state index in [1.807, 2.05) is 16.7 Å². The van der Waals surface area contributed by atoms with E-state index < -0.39 is 0 Å². The van der Waals surface area contributed by atoms with Gasteiger partial charge in [0.2, 0.25) is 0 Å². The highest BCUT2D eigenvalue weighted by atomic mass is 35.5. The number of hydrogen-bond acceptors (Lipinski definition) is 3. The number of nitrogens with zero attached hydrogens (tertiary/aromatic N) is 2. The van der Waals surface area contributed by atoms with Crippen LogP contribution >= 0.6 is 11.6 Å². The number of carbonyl (C=O) groups is 1.